The number of nitrogens with one attached hydrogen (secondary N) is 1. The topological polar surface area (TPSA) is 96.8 Å². The maximum absolute atomic E-state index is 12.8. The van der Waals surface area contributed by atoms with E-state index in [0.717, 1.165) is 0 Å². The second-order valence-electron chi connectivity index (χ2n) is 7.13. The van der Waals surface area contributed by atoms with Gasteiger partial charge >= 0.3 is 0 Å². The van der Waals surface area contributed by atoms with E-state index in [1.165, 1.54) is 16.4 Å². The predicted octanol–water partition coefficient (Wildman–Crippen LogP) is 1.35. The molecule has 2 heterocycles. The normalized spacial score (nSPS) is 21.4. The lowest BCUT2D eigenvalue weighted by atomic mass is 10.1. The maximum Gasteiger partial charge on any atom is 0.243 e. The van der Waals surface area contributed by atoms with Crippen molar-refractivity contribution in [2.45, 2.75) is 29.8 Å². The molecule has 0 radical (unpaired) electrons. The molecule has 0 aromatic heterocycles. The summed E-state index contributed by atoms with van der Waals surface area (Å²) in [4.78, 5) is 14.3. The lowest BCUT2D eigenvalue weighted by molar-refractivity contribution is -0.132. The third-order valence-corrected chi connectivity index (χ3v) is 8.21. The third-order valence-electron chi connectivity index (χ3n) is 5.03. The number of hydrogen-bond acceptors (Lipinski definition) is 7. The van der Waals surface area contributed by atoms with Crippen LogP contribution in [0.15, 0.2) is 29.2 Å². The minimum absolute atomic E-state index is 0.0840. The van der Waals surface area contributed by atoms with E-state index in [2.05, 4.69) is 11.5 Å². The average Bonchev–Trinajstić information content (AvgIpc) is 3.17. The van der Waals surface area contributed by atoms with Gasteiger partial charge < -0.3 is 4.90 Å². The van der Waals surface area contributed by atoms with Crippen LogP contribution in [0.1, 0.15) is 12.8 Å². The molecule has 11 heteroatoms. The van der Waals surface area contributed by atoms with Gasteiger partial charge in [-0.2, -0.15) is 9.57 Å². The number of nitriles is 1. The van der Waals surface area contributed by atoms with Gasteiger partial charge in [0.05, 0.1) is 23.4 Å². The van der Waals surface area contributed by atoms with Crippen molar-refractivity contribution in [3.05, 3.63) is 29.3 Å². The molecule has 2 fully saturated rings. The van der Waals surface area contributed by atoms with Crippen LogP contribution >= 0.6 is 23.4 Å². The van der Waals surface area contributed by atoms with Gasteiger partial charge in [-0.3, -0.25) is 10.2 Å². The van der Waals surface area contributed by atoms with Crippen LogP contribution in [0, 0.1) is 11.3 Å². The zero-order chi connectivity index (χ0) is 21.0. The Labute approximate surface area is 180 Å². The van der Waals surface area contributed by atoms with Crippen molar-refractivity contribution in [1.29, 1.82) is 5.26 Å². The minimum atomic E-state index is -3.53. The Balaban J connectivity index is 1.48. The quantitative estimate of drug-likeness (QED) is 0.644. The summed E-state index contributed by atoms with van der Waals surface area (Å²) in [6.07, 6.45) is 1.29. The Bertz CT molecular complexity index is 866. The smallest absolute Gasteiger partial charge is 0.243 e. The monoisotopic (exact) mass is 457 g/mol. The first kappa shape index (κ1) is 22.3. The van der Waals surface area contributed by atoms with Gasteiger partial charge in [-0.25, -0.2) is 13.4 Å². The van der Waals surface area contributed by atoms with Gasteiger partial charge in [0.25, 0.3) is 0 Å². The largest absolute Gasteiger partial charge is 0.315 e. The van der Waals surface area contributed by atoms with Gasteiger partial charge in [-0.1, -0.05) is 11.6 Å². The maximum atomic E-state index is 12.8. The Hall–Kier alpha value is -1.35. The molecular weight excluding hydrogens is 434 g/mol. The molecule has 0 saturated carbocycles. The van der Waals surface area contributed by atoms with Crippen molar-refractivity contribution < 1.29 is 13.2 Å². The fraction of sp³-hybridized carbons (Fsp3) is 0.556. The van der Waals surface area contributed by atoms with Crippen LogP contribution in [0.3, 0.4) is 0 Å². The number of benzene rings is 1. The van der Waals surface area contributed by atoms with E-state index in [0.29, 0.717) is 42.6 Å². The third kappa shape index (κ3) is 5.42. The van der Waals surface area contributed by atoms with Gasteiger partial charge in [0, 0.05) is 37.0 Å². The fourth-order valence-electron chi connectivity index (χ4n) is 3.43. The molecule has 3 rings (SSSR count). The number of piperidine rings is 1. The lowest BCUT2D eigenvalue weighted by Gasteiger charge is -2.34. The van der Waals surface area contributed by atoms with Crippen LogP contribution in [0.2, 0.25) is 5.02 Å². The Morgan fingerprint density at radius 1 is 1.34 bits per heavy atom. The molecule has 8 nitrogen and oxygen atoms in total. The van der Waals surface area contributed by atoms with Gasteiger partial charge in [-0.05, 0) is 37.1 Å². The van der Waals surface area contributed by atoms with Crippen LogP contribution in [0.25, 0.3) is 0 Å². The SMILES string of the molecule is CN(CC(=O)N1CSCC1C#N)NC1CCN(S(=O)(=O)c2ccc(Cl)cc2)CC1. The van der Waals surface area contributed by atoms with Crippen molar-refractivity contribution in [2.24, 2.45) is 0 Å². The number of carbonyl (C=O) groups excluding carboxylic acids is 1. The summed E-state index contributed by atoms with van der Waals surface area (Å²) in [5, 5.41) is 11.3. The molecule has 1 aromatic carbocycles. The number of hydrazine groups is 1. The molecule has 1 atom stereocenters. The number of halogens is 1. The number of likely N-dealkylation sites (N-methyl/N-ethyl adjacent to an activating group) is 1. The summed E-state index contributed by atoms with van der Waals surface area (Å²) < 4.78 is 27.0. The number of sulfonamides is 1. The van der Waals surface area contributed by atoms with Crippen LogP contribution in [-0.4, -0.2) is 78.9 Å². The first-order valence-electron chi connectivity index (χ1n) is 9.31. The second kappa shape index (κ2) is 9.64. The van der Waals surface area contributed by atoms with Crippen molar-refractivity contribution in [3.8, 4) is 6.07 Å². The van der Waals surface area contributed by atoms with E-state index in [1.54, 1.807) is 40.9 Å². The molecule has 2 saturated heterocycles. The summed E-state index contributed by atoms with van der Waals surface area (Å²) >= 11 is 7.42. The molecule has 1 aromatic rings. The highest BCUT2D eigenvalue weighted by Gasteiger charge is 2.32. The number of rotatable bonds is 6. The number of hydrogen-bond donors (Lipinski definition) is 1. The van der Waals surface area contributed by atoms with Crippen LogP contribution in [0.5, 0.6) is 0 Å². The molecule has 0 aliphatic carbocycles. The molecule has 2 aliphatic rings. The number of carbonyl (C=O) groups is 1. The standard InChI is InChI=1S/C18H24ClN5O3S2/c1-22(11-18(25)24-13-28-12-16(24)10-20)21-15-6-8-23(9-7-15)29(26,27)17-4-2-14(19)3-5-17/h2-5,15-16,21H,6-9,11-13H2,1H3. The molecule has 158 valence electrons. The summed E-state index contributed by atoms with van der Waals surface area (Å²) in [5.41, 5.74) is 3.28. The van der Waals surface area contributed by atoms with E-state index in [-0.39, 0.29) is 29.4 Å². The lowest BCUT2D eigenvalue weighted by Crippen LogP contribution is -2.52. The Kier molecular flexibility index (Phi) is 7.42. The Morgan fingerprint density at radius 2 is 2.00 bits per heavy atom. The highest BCUT2D eigenvalue weighted by Crippen LogP contribution is 2.23. The van der Waals surface area contributed by atoms with E-state index in [9.17, 15) is 13.2 Å². The molecule has 1 N–H and O–H groups in total. The van der Waals surface area contributed by atoms with Crippen molar-refractivity contribution in [1.82, 2.24) is 19.6 Å². The van der Waals surface area contributed by atoms with Crippen molar-refractivity contribution in [2.75, 3.05) is 38.3 Å². The molecule has 0 bridgehead atoms. The Morgan fingerprint density at radius 3 is 2.62 bits per heavy atom. The van der Waals surface area contributed by atoms with Gasteiger partial charge in [0.15, 0.2) is 0 Å². The molecule has 2 aliphatic heterocycles. The summed E-state index contributed by atoms with van der Waals surface area (Å²) in [6, 6.07) is 8.08. The van der Waals surface area contributed by atoms with Crippen LogP contribution in [0.4, 0.5) is 0 Å². The second-order valence-corrected chi connectivity index (χ2v) is 10.5. The number of nitrogens with zero attached hydrogens (tertiary/aromatic N) is 4. The zero-order valence-corrected chi connectivity index (χ0v) is 18.5. The van der Waals surface area contributed by atoms with Crippen molar-refractivity contribution >= 4 is 39.3 Å². The van der Waals surface area contributed by atoms with E-state index in [1.807, 2.05) is 0 Å². The van der Waals surface area contributed by atoms with Crippen LogP contribution < -0.4 is 5.43 Å². The summed E-state index contributed by atoms with van der Waals surface area (Å²) in [7, 11) is -1.74. The molecule has 0 spiro atoms. The van der Waals surface area contributed by atoms with Gasteiger partial charge in [0.2, 0.25) is 15.9 Å². The molecule has 1 unspecified atom stereocenters. The van der Waals surface area contributed by atoms with Crippen LogP contribution in [-0.2, 0) is 14.8 Å². The highest BCUT2D eigenvalue weighted by atomic mass is 35.5. The minimum Gasteiger partial charge on any atom is -0.315 e. The van der Waals surface area contributed by atoms with E-state index in [4.69, 9.17) is 16.9 Å². The first-order chi connectivity index (χ1) is 13.8. The van der Waals surface area contributed by atoms with E-state index < -0.39 is 10.0 Å². The zero-order valence-electron chi connectivity index (χ0n) is 16.1. The summed E-state index contributed by atoms with van der Waals surface area (Å²) in [5.74, 6) is 1.12. The van der Waals surface area contributed by atoms with Gasteiger partial charge in [0.1, 0.15) is 6.04 Å². The predicted molar refractivity (Wildman–Crippen MR) is 113 cm³/mol. The van der Waals surface area contributed by atoms with Crippen molar-refractivity contribution in [3.63, 3.8) is 0 Å². The number of thioether (sulfide) groups is 1. The molecule has 1 amide bonds. The summed E-state index contributed by atoms with van der Waals surface area (Å²) in [6.45, 7) is 0.982. The van der Waals surface area contributed by atoms with Gasteiger partial charge in [-0.15, -0.1) is 11.8 Å². The molecule has 29 heavy (non-hydrogen) atoms. The number of amides is 1. The molecular formula is C18H24ClN5O3S2. The fourth-order valence-corrected chi connectivity index (χ4v) is 6.13. The first-order valence-corrected chi connectivity index (χ1v) is 12.3. The van der Waals surface area contributed by atoms with E-state index >= 15 is 0 Å². The highest BCUT2D eigenvalue weighted by molar-refractivity contribution is 7.99. The average molecular weight is 458 g/mol.